The summed E-state index contributed by atoms with van der Waals surface area (Å²) in [5, 5.41) is 0. The van der Waals surface area contributed by atoms with Crippen LogP contribution in [0.5, 0.6) is 0 Å². The van der Waals surface area contributed by atoms with Crippen molar-refractivity contribution in [2.75, 3.05) is 32.8 Å². The van der Waals surface area contributed by atoms with Crippen molar-refractivity contribution in [2.24, 2.45) is 5.41 Å². The summed E-state index contributed by atoms with van der Waals surface area (Å²) in [7, 11) is 0. The number of hydrogen-bond acceptors (Lipinski definition) is 2. The number of nitrogens with zero attached hydrogens (tertiary/aromatic N) is 1. The summed E-state index contributed by atoms with van der Waals surface area (Å²) < 4.78 is 7.06. The van der Waals surface area contributed by atoms with E-state index >= 15 is 0 Å². The van der Waals surface area contributed by atoms with E-state index in [1.807, 2.05) is 36.4 Å². The molecule has 2 bridgehead atoms. The van der Waals surface area contributed by atoms with Crippen LogP contribution in [0.15, 0.2) is 60.7 Å². The van der Waals surface area contributed by atoms with Crippen molar-refractivity contribution in [1.82, 2.24) is 0 Å². The molecule has 2 aromatic rings. The number of piperidine rings is 3. The molecule has 0 atom stereocenters. The van der Waals surface area contributed by atoms with Gasteiger partial charge in [-0.05, 0) is 5.56 Å². The Morgan fingerprint density at radius 3 is 2.04 bits per heavy atom. The minimum atomic E-state index is -0.105. The van der Waals surface area contributed by atoms with Gasteiger partial charge in [-0.2, -0.15) is 0 Å². The Balaban J connectivity index is 0.00000210. The monoisotopic (exact) mass is 429 g/mol. The number of halogens is 1. The van der Waals surface area contributed by atoms with E-state index in [1.165, 1.54) is 5.56 Å². The molecule has 27 heavy (non-hydrogen) atoms. The van der Waals surface area contributed by atoms with Crippen LogP contribution in [-0.2, 0) is 11.3 Å². The molecule has 0 N–H and O–H groups in total. The molecule has 0 spiro atoms. The van der Waals surface area contributed by atoms with Crippen LogP contribution in [0.25, 0.3) is 0 Å². The maximum absolute atomic E-state index is 13.1. The number of ketones is 1. The lowest BCUT2D eigenvalue weighted by Crippen LogP contribution is -3.00. The molecule has 0 amide bonds. The van der Waals surface area contributed by atoms with Gasteiger partial charge < -0.3 is 26.2 Å². The number of benzene rings is 2. The van der Waals surface area contributed by atoms with Gasteiger partial charge in [-0.25, -0.2) is 0 Å². The number of Topliss-reactive ketones (excluding diaryl/α,β-unsaturated/α-hetero) is 1. The summed E-state index contributed by atoms with van der Waals surface area (Å²) in [6.07, 6.45) is 3.08. The molecule has 0 aromatic heterocycles. The minimum Gasteiger partial charge on any atom is -1.00 e. The van der Waals surface area contributed by atoms with Gasteiger partial charge in [-0.3, -0.25) is 4.79 Å². The van der Waals surface area contributed by atoms with Gasteiger partial charge in [0.15, 0.2) is 5.78 Å². The Bertz CT molecular complexity index is 723. The summed E-state index contributed by atoms with van der Waals surface area (Å²) in [4.78, 5) is 13.1. The standard InChI is InChI=1S/C23H28NO2.BrH/c25-22(21-9-5-2-6-10-21)23-11-14-24(15-12-23,16-13-23)17-18-26-19-20-7-3-1-4-8-20;/h1-10H,11-19H2;1H/q+1;/p-1. The number of carbonyl (C=O) groups excluding carboxylic acids is 1. The van der Waals surface area contributed by atoms with E-state index in [9.17, 15) is 4.79 Å². The number of hydrogen-bond donors (Lipinski definition) is 0. The molecule has 3 fully saturated rings. The predicted molar refractivity (Wildman–Crippen MR) is 103 cm³/mol. The van der Waals surface area contributed by atoms with E-state index in [0.717, 1.165) is 62.1 Å². The maximum atomic E-state index is 13.1. The first-order valence-corrected chi connectivity index (χ1v) is 9.78. The average molecular weight is 430 g/mol. The Morgan fingerprint density at radius 2 is 1.44 bits per heavy atom. The predicted octanol–water partition coefficient (Wildman–Crippen LogP) is 1.09. The lowest BCUT2D eigenvalue weighted by Gasteiger charge is -2.54. The molecule has 3 saturated heterocycles. The topological polar surface area (TPSA) is 26.3 Å². The fraction of sp³-hybridized carbons (Fsp3) is 0.435. The van der Waals surface area contributed by atoms with E-state index in [0.29, 0.717) is 12.4 Å². The molecule has 5 rings (SSSR count). The van der Waals surface area contributed by atoms with E-state index in [2.05, 4.69) is 24.3 Å². The molecular weight excluding hydrogens is 402 g/mol. The van der Waals surface area contributed by atoms with Crippen LogP contribution in [0.4, 0.5) is 0 Å². The number of rotatable bonds is 7. The van der Waals surface area contributed by atoms with Crippen LogP contribution in [-0.4, -0.2) is 43.1 Å². The Hall–Kier alpha value is -1.49. The summed E-state index contributed by atoms with van der Waals surface area (Å²) in [5.41, 5.74) is 2.02. The molecule has 3 nitrogen and oxygen atoms in total. The van der Waals surface area contributed by atoms with Crippen molar-refractivity contribution in [3.63, 3.8) is 0 Å². The number of carbonyl (C=O) groups is 1. The van der Waals surface area contributed by atoms with Gasteiger partial charge in [0.1, 0.15) is 6.54 Å². The average Bonchev–Trinajstić information content (AvgIpc) is 2.73. The normalized spacial score (nSPS) is 26.4. The van der Waals surface area contributed by atoms with E-state index in [4.69, 9.17) is 4.74 Å². The molecular formula is C23H28BrNO2. The van der Waals surface area contributed by atoms with Crippen LogP contribution in [0.2, 0.25) is 0 Å². The summed E-state index contributed by atoms with van der Waals surface area (Å²) >= 11 is 0. The van der Waals surface area contributed by atoms with Crippen LogP contribution in [0.1, 0.15) is 35.2 Å². The zero-order chi connectivity index (χ0) is 17.9. The second-order valence-corrected chi connectivity index (χ2v) is 8.00. The third-order valence-electron chi connectivity index (χ3n) is 6.53. The van der Waals surface area contributed by atoms with Gasteiger partial charge in [-0.1, -0.05) is 60.7 Å². The van der Waals surface area contributed by atoms with Crippen LogP contribution < -0.4 is 17.0 Å². The molecule has 3 heterocycles. The molecule has 144 valence electrons. The lowest BCUT2D eigenvalue weighted by molar-refractivity contribution is -0.944. The second kappa shape index (κ2) is 8.68. The van der Waals surface area contributed by atoms with Crippen molar-refractivity contribution >= 4 is 5.78 Å². The number of ether oxygens (including phenoxy) is 1. The molecule has 0 radical (unpaired) electrons. The van der Waals surface area contributed by atoms with Crippen molar-refractivity contribution in [3.05, 3.63) is 71.8 Å². The van der Waals surface area contributed by atoms with Gasteiger partial charge in [-0.15, -0.1) is 0 Å². The Labute approximate surface area is 172 Å². The number of fused-ring (bicyclic) bond motifs is 3. The smallest absolute Gasteiger partial charge is 0.169 e. The van der Waals surface area contributed by atoms with Crippen molar-refractivity contribution in [1.29, 1.82) is 0 Å². The first-order chi connectivity index (χ1) is 12.7. The molecule has 0 unspecified atom stereocenters. The van der Waals surface area contributed by atoms with E-state index in [-0.39, 0.29) is 22.4 Å². The highest BCUT2D eigenvalue weighted by atomic mass is 79.9. The third-order valence-corrected chi connectivity index (χ3v) is 6.53. The molecule has 2 aromatic carbocycles. The van der Waals surface area contributed by atoms with Crippen LogP contribution in [0.3, 0.4) is 0 Å². The first-order valence-electron chi connectivity index (χ1n) is 9.78. The first kappa shape index (κ1) is 20.2. The minimum absolute atomic E-state index is 0. The van der Waals surface area contributed by atoms with Crippen molar-refractivity contribution in [3.8, 4) is 0 Å². The summed E-state index contributed by atoms with van der Waals surface area (Å²) in [5.74, 6) is 0.371. The van der Waals surface area contributed by atoms with Gasteiger partial charge in [0, 0.05) is 30.2 Å². The largest absolute Gasteiger partial charge is 1.00 e. The van der Waals surface area contributed by atoms with Crippen LogP contribution in [0, 0.1) is 5.41 Å². The van der Waals surface area contributed by atoms with Gasteiger partial charge >= 0.3 is 0 Å². The Kier molecular flexibility index (Phi) is 6.51. The SMILES string of the molecule is O=C(c1ccccc1)C12CC[N+](CCOCc3ccccc3)(CC1)CC2.[Br-]. The summed E-state index contributed by atoms with van der Waals surface area (Å²) in [6, 6.07) is 20.2. The molecule has 0 saturated carbocycles. The van der Waals surface area contributed by atoms with Gasteiger partial charge in [0.25, 0.3) is 0 Å². The highest BCUT2D eigenvalue weighted by Gasteiger charge is 2.52. The van der Waals surface area contributed by atoms with Crippen LogP contribution >= 0.6 is 0 Å². The highest BCUT2D eigenvalue weighted by molar-refractivity contribution is 6.00. The van der Waals surface area contributed by atoms with E-state index in [1.54, 1.807) is 0 Å². The summed E-state index contributed by atoms with van der Waals surface area (Å²) in [6.45, 7) is 5.92. The third kappa shape index (κ3) is 4.34. The fourth-order valence-corrected chi connectivity index (χ4v) is 4.66. The zero-order valence-corrected chi connectivity index (χ0v) is 17.4. The van der Waals surface area contributed by atoms with Gasteiger partial charge in [0.05, 0.1) is 32.8 Å². The Morgan fingerprint density at radius 1 is 0.889 bits per heavy atom. The van der Waals surface area contributed by atoms with Gasteiger partial charge in [0.2, 0.25) is 0 Å². The van der Waals surface area contributed by atoms with Crippen molar-refractivity contribution < 1.29 is 31.0 Å². The number of quaternary nitrogens is 1. The zero-order valence-electron chi connectivity index (χ0n) is 15.8. The molecule has 3 aliphatic heterocycles. The quantitative estimate of drug-likeness (QED) is 0.374. The van der Waals surface area contributed by atoms with Crippen molar-refractivity contribution in [2.45, 2.75) is 25.9 Å². The second-order valence-electron chi connectivity index (χ2n) is 8.00. The fourth-order valence-electron chi connectivity index (χ4n) is 4.66. The molecule has 3 aliphatic rings. The maximum Gasteiger partial charge on any atom is 0.169 e. The lowest BCUT2D eigenvalue weighted by atomic mass is 9.66. The molecule has 4 heteroatoms. The molecule has 0 aliphatic carbocycles. The highest BCUT2D eigenvalue weighted by Crippen LogP contribution is 2.46. The van der Waals surface area contributed by atoms with E-state index < -0.39 is 0 Å².